The number of halogens is 2. The van der Waals surface area contributed by atoms with Gasteiger partial charge in [0.15, 0.2) is 0 Å². The molecule has 1 rings (SSSR count). The second-order valence-electron chi connectivity index (χ2n) is 3.49. The number of primary amides is 1. The van der Waals surface area contributed by atoms with Crippen molar-refractivity contribution >= 4 is 11.8 Å². The van der Waals surface area contributed by atoms with Gasteiger partial charge in [0.05, 0.1) is 0 Å². The van der Waals surface area contributed by atoms with E-state index in [4.69, 9.17) is 5.73 Å². The van der Waals surface area contributed by atoms with Crippen LogP contribution in [-0.4, -0.2) is 17.9 Å². The van der Waals surface area contributed by atoms with Crippen molar-refractivity contribution in [3.05, 3.63) is 35.4 Å². The van der Waals surface area contributed by atoms with Gasteiger partial charge in [0.2, 0.25) is 5.91 Å². The third-order valence-corrected chi connectivity index (χ3v) is 2.18. The number of carbonyl (C=O) groups excluding carboxylic acids is 2. The maximum atomic E-state index is 12.9. The summed E-state index contributed by atoms with van der Waals surface area (Å²) in [6.07, 6.45) is 0.304. The van der Waals surface area contributed by atoms with E-state index in [1.54, 1.807) is 6.92 Å². The van der Waals surface area contributed by atoms with Gasteiger partial charge in [-0.1, -0.05) is 6.92 Å². The number of amides is 2. The Morgan fingerprint density at radius 3 is 2.24 bits per heavy atom. The van der Waals surface area contributed by atoms with Crippen molar-refractivity contribution in [3.8, 4) is 0 Å². The Hall–Kier alpha value is -1.98. The summed E-state index contributed by atoms with van der Waals surface area (Å²) in [6.45, 7) is 1.65. The van der Waals surface area contributed by atoms with Crippen LogP contribution in [0.5, 0.6) is 0 Å². The Bertz CT molecular complexity index is 429. The number of nitrogens with one attached hydrogen (secondary N) is 1. The zero-order valence-corrected chi connectivity index (χ0v) is 9.17. The third kappa shape index (κ3) is 3.51. The topological polar surface area (TPSA) is 72.2 Å². The Labute approximate surface area is 96.8 Å². The predicted molar refractivity (Wildman–Crippen MR) is 57.1 cm³/mol. The molecular formula is C11H12F2N2O2. The number of nitrogens with two attached hydrogens (primary N) is 1. The molecular weight excluding hydrogens is 230 g/mol. The summed E-state index contributed by atoms with van der Waals surface area (Å²) < 4.78 is 25.7. The molecule has 17 heavy (non-hydrogen) atoms. The lowest BCUT2D eigenvalue weighted by atomic mass is 10.1. The Morgan fingerprint density at radius 1 is 1.29 bits per heavy atom. The van der Waals surface area contributed by atoms with E-state index in [-0.39, 0.29) is 5.56 Å². The SMILES string of the molecule is CC[C@H](NC(=O)c1cc(F)cc(F)c1)C(N)=O. The normalized spacial score (nSPS) is 11.9. The summed E-state index contributed by atoms with van der Waals surface area (Å²) in [6, 6.07) is 1.56. The molecule has 6 heteroatoms. The largest absolute Gasteiger partial charge is 0.368 e. The molecule has 1 atom stereocenters. The molecule has 0 aromatic heterocycles. The lowest BCUT2D eigenvalue weighted by molar-refractivity contribution is -0.119. The molecule has 0 fully saturated rings. The Kier molecular flexibility index (Phi) is 4.14. The van der Waals surface area contributed by atoms with Crippen LogP contribution in [0.4, 0.5) is 8.78 Å². The molecule has 0 spiro atoms. The number of hydrogen-bond acceptors (Lipinski definition) is 2. The van der Waals surface area contributed by atoms with Crippen molar-refractivity contribution in [1.82, 2.24) is 5.32 Å². The average molecular weight is 242 g/mol. The van der Waals surface area contributed by atoms with Gasteiger partial charge in [-0.25, -0.2) is 8.78 Å². The van der Waals surface area contributed by atoms with Gasteiger partial charge in [-0.3, -0.25) is 9.59 Å². The lowest BCUT2D eigenvalue weighted by Crippen LogP contribution is -2.43. The van der Waals surface area contributed by atoms with Crippen molar-refractivity contribution in [3.63, 3.8) is 0 Å². The molecule has 0 aliphatic heterocycles. The van der Waals surface area contributed by atoms with Crippen LogP contribution >= 0.6 is 0 Å². The van der Waals surface area contributed by atoms with Crippen molar-refractivity contribution in [2.24, 2.45) is 5.73 Å². The summed E-state index contributed by atoms with van der Waals surface area (Å²) in [4.78, 5) is 22.5. The minimum atomic E-state index is -0.859. The van der Waals surface area contributed by atoms with Gasteiger partial charge in [0, 0.05) is 11.6 Å². The van der Waals surface area contributed by atoms with Crippen molar-refractivity contribution in [2.75, 3.05) is 0 Å². The lowest BCUT2D eigenvalue weighted by Gasteiger charge is -2.13. The fourth-order valence-electron chi connectivity index (χ4n) is 1.30. The molecule has 1 aromatic carbocycles. The first-order valence-electron chi connectivity index (χ1n) is 5.00. The Balaban J connectivity index is 2.86. The molecule has 0 unspecified atom stereocenters. The van der Waals surface area contributed by atoms with Gasteiger partial charge < -0.3 is 11.1 Å². The molecule has 1 aromatic rings. The first-order chi connectivity index (χ1) is 7.93. The minimum absolute atomic E-state index is 0.192. The van der Waals surface area contributed by atoms with E-state index in [9.17, 15) is 18.4 Å². The summed E-state index contributed by atoms with van der Waals surface area (Å²) >= 11 is 0. The fourth-order valence-corrected chi connectivity index (χ4v) is 1.30. The summed E-state index contributed by atoms with van der Waals surface area (Å²) in [5, 5.41) is 2.29. The molecule has 4 nitrogen and oxygen atoms in total. The predicted octanol–water partition coefficient (Wildman–Crippen LogP) is 0.958. The van der Waals surface area contributed by atoms with Gasteiger partial charge in [-0.15, -0.1) is 0 Å². The molecule has 0 bridgehead atoms. The standard InChI is InChI=1S/C11H12F2N2O2/c1-2-9(10(14)16)15-11(17)6-3-7(12)5-8(13)4-6/h3-5,9H,2H2,1H3,(H2,14,16)(H,15,17)/t9-/m0/s1. The molecule has 0 aliphatic rings. The molecule has 0 radical (unpaired) electrons. The van der Waals surface area contributed by atoms with E-state index < -0.39 is 29.5 Å². The zero-order chi connectivity index (χ0) is 13.0. The first-order valence-corrected chi connectivity index (χ1v) is 5.00. The molecule has 0 saturated carbocycles. The number of hydrogen-bond donors (Lipinski definition) is 2. The van der Waals surface area contributed by atoms with Gasteiger partial charge in [0.25, 0.3) is 5.91 Å². The van der Waals surface area contributed by atoms with Crippen LogP contribution in [0.3, 0.4) is 0 Å². The summed E-state index contributed by atoms with van der Waals surface area (Å²) in [5.74, 6) is -3.16. The van der Waals surface area contributed by atoms with Crippen molar-refractivity contribution in [1.29, 1.82) is 0 Å². The van der Waals surface area contributed by atoms with E-state index in [0.717, 1.165) is 12.1 Å². The first kappa shape index (κ1) is 13.1. The highest BCUT2D eigenvalue weighted by Gasteiger charge is 2.17. The second-order valence-corrected chi connectivity index (χ2v) is 3.49. The third-order valence-electron chi connectivity index (χ3n) is 2.18. The maximum Gasteiger partial charge on any atom is 0.252 e. The van der Waals surface area contributed by atoms with Gasteiger partial charge >= 0.3 is 0 Å². The van der Waals surface area contributed by atoms with E-state index in [2.05, 4.69) is 5.32 Å². The molecule has 0 saturated heterocycles. The fraction of sp³-hybridized carbons (Fsp3) is 0.273. The van der Waals surface area contributed by atoms with Crippen LogP contribution in [0.1, 0.15) is 23.7 Å². The van der Waals surface area contributed by atoms with Crippen LogP contribution in [0.25, 0.3) is 0 Å². The van der Waals surface area contributed by atoms with Crippen molar-refractivity contribution in [2.45, 2.75) is 19.4 Å². The number of rotatable bonds is 4. The Morgan fingerprint density at radius 2 is 1.82 bits per heavy atom. The van der Waals surface area contributed by atoms with Crippen LogP contribution in [-0.2, 0) is 4.79 Å². The molecule has 2 amide bonds. The quantitative estimate of drug-likeness (QED) is 0.825. The number of benzene rings is 1. The highest BCUT2D eigenvalue weighted by Crippen LogP contribution is 2.08. The van der Waals surface area contributed by atoms with Gasteiger partial charge in [0.1, 0.15) is 17.7 Å². The zero-order valence-electron chi connectivity index (χ0n) is 9.17. The average Bonchev–Trinajstić information content (AvgIpc) is 2.23. The highest BCUT2D eigenvalue weighted by atomic mass is 19.1. The van der Waals surface area contributed by atoms with Crippen LogP contribution in [0, 0.1) is 11.6 Å². The summed E-state index contributed by atoms with van der Waals surface area (Å²) in [5.41, 5.74) is 4.84. The molecule has 0 aliphatic carbocycles. The number of carbonyl (C=O) groups is 2. The monoisotopic (exact) mass is 242 g/mol. The van der Waals surface area contributed by atoms with Crippen LogP contribution in [0.15, 0.2) is 18.2 Å². The smallest absolute Gasteiger partial charge is 0.252 e. The minimum Gasteiger partial charge on any atom is -0.368 e. The molecule has 0 heterocycles. The van der Waals surface area contributed by atoms with Crippen LogP contribution < -0.4 is 11.1 Å². The van der Waals surface area contributed by atoms with Gasteiger partial charge in [-0.05, 0) is 18.6 Å². The van der Waals surface area contributed by atoms with Crippen molar-refractivity contribution < 1.29 is 18.4 Å². The van der Waals surface area contributed by atoms with E-state index in [1.165, 1.54) is 0 Å². The maximum absolute atomic E-state index is 12.9. The second kappa shape index (κ2) is 5.38. The van der Waals surface area contributed by atoms with E-state index in [1.807, 2.05) is 0 Å². The van der Waals surface area contributed by atoms with Crippen LogP contribution in [0.2, 0.25) is 0 Å². The van der Waals surface area contributed by atoms with Gasteiger partial charge in [-0.2, -0.15) is 0 Å². The highest BCUT2D eigenvalue weighted by molar-refractivity contribution is 5.97. The molecule has 3 N–H and O–H groups in total. The van der Waals surface area contributed by atoms with E-state index >= 15 is 0 Å². The summed E-state index contributed by atoms with van der Waals surface area (Å²) in [7, 11) is 0. The molecule has 92 valence electrons. The van der Waals surface area contributed by atoms with E-state index in [0.29, 0.717) is 12.5 Å².